The van der Waals surface area contributed by atoms with Crippen LogP contribution in [0.4, 0.5) is 10.1 Å². The lowest BCUT2D eigenvalue weighted by molar-refractivity contribution is 0.102. The fourth-order valence-electron chi connectivity index (χ4n) is 1.53. The van der Waals surface area contributed by atoms with Crippen LogP contribution in [0.15, 0.2) is 42.5 Å². The van der Waals surface area contributed by atoms with Crippen molar-refractivity contribution in [2.24, 2.45) is 0 Å². The molecule has 0 saturated heterocycles. The SMILES string of the molecule is Cc1cc(C(=O)Nc2ccc(O)cc2)ccc1F. The van der Waals surface area contributed by atoms with Crippen molar-refractivity contribution in [3.63, 3.8) is 0 Å². The number of hydrogen-bond acceptors (Lipinski definition) is 2. The summed E-state index contributed by atoms with van der Waals surface area (Å²) in [7, 11) is 0. The van der Waals surface area contributed by atoms with Gasteiger partial charge in [0.05, 0.1) is 0 Å². The van der Waals surface area contributed by atoms with Crippen LogP contribution < -0.4 is 5.32 Å². The van der Waals surface area contributed by atoms with E-state index in [0.29, 0.717) is 16.8 Å². The second-order valence-corrected chi connectivity index (χ2v) is 3.96. The van der Waals surface area contributed by atoms with Crippen LogP contribution in [-0.4, -0.2) is 11.0 Å². The molecule has 0 saturated carbocycles. The Labute approximate surface area is 104 Å². The molecule has 2 rings (SSSR count). The summed E-state index contributed by atoms with van der Waals surface area (Å²) in [6.45, 7) is 1.60. The molecule has 0 bridgehead atoms. The standard InChI is InChI=1S/C14H12FNO2/c1-9-8-10(2-7-13(9)15)14(18)16-11-3-5-12(17)6-4-11/h2-8,17H,1H3,(H,16,18). The van der Waals surface area contributed by atoms with Gasteiger partial charge in [0.25, 0.3) is 5.91 Å². The van der Waals surface area contributed by atoms with Gasteiger partial charge in [0, 0.05) is 11.3 Å². The van der Waals surface area contributed by atoms with Gasteiger partial charge in [-0.15, -0.1) is 0 Å². The Morgan fingerprint density at radius 1 is 1.17 bits per heavy atom. The number of nitrogens with one attached hydrogen (secondary N) is 1. The van der Waals surface area contributed by atoms with Gasteiger partial charge in [0.15, 0.2) is 0 Å². The number of phenols is 1. The molecule has 0 unspecified atom stereocenters. The largest absolute Gasteiger partial charge is 0.508 e. The molecule has 2 aromatic rings. The number of aryl methyl sites for hydroxylation is 1. The molecule has 0 aliphatic carbocycles. The molecule has 1 amide bonds. The van der Waals surface area contributed by atoms with Crippen molar-refractivity contribution in [2.45, 2.75) is 6.92 Å². The first-order valence-corrected chi connectivity index (χ1v) is 5.43. The Balaban J connectivity index is 2.16. The van der Waals surface area contributed by atoms with Crippen molar-refractivity contribution >= 4 is 11.6 Å². The number of hydrogen-bond donors (Lipinski definition) is 2. The van der Waals surface area contributed by atoms with Crippen molar-refractivity contribution in [3.8, 4) is 5.75 Å². The number of carbonyl (C=O) groups is 1. The monoisotopic (exact) mass is 245 g/mol. The highest BCUT2D eigenvalue weighted by Gasteiger charge is 2.08. The Morgan fingerprint density at radius 2 is 1.83 bits per heavy atom. The average Bonchev–Trinajstić information content (AvgIpc) is 2.35. The molecule has 2 aromatic carbocycles. The molecule has 0 aliphatic rings. The van der Waals surface area contributed by atoms with Crippen molar-refractivity contribution < 1.29 is 14.3 Å². The molecule has 4 heteroatoms. The van der Waals surface area contributed by atoms with Crippen LogP contribution in [0.25, 0.3) is 0 Å². The van der Waals surface area contributed by atoms with Gasteiger partial charge in [-0.3, -0.25) is 4.79 Å². The third-order valence-corrected chi connectivity index (χ3v) is 2.55. The molecule has 18 heavy (non-hydrogen) atoms. The lowest BCUT2D eigenvalue weighted by Gasteiger charge is -2.06. The molecule has 3 nitrogen and oxygen atoms in total. The minimum Gasteiger partial charge on any atom is -0.508 e. The van der Waals surface area contributed by atoms with E-state index >= 15 is 0 Å². The predicted octanol–water partition coefficient (Wildman–Crippen LogP) is 3.09. The number of halogens is 1. The Morgan fingerprint density at radius 3 is 2.44 bits per heavy atom. The summed E-state index contributed by atoms with van der Waals surface area (Å²) < 4.78 is 13.1. The maximum Gasteiger partial charge on any atom is 0.255 e. The van der Waals surface area contributed by atoms with E-state index in [9.17, 15) is 9.18 Å². The van der Waals surface area contributed by atoms with Crippen LogP contribution in [-0.2, 0) is 0 Å². The van der Waals surface area contributed by atoms with E-state index in [1.807, 2.05) is 0 Å². The van der Waals surface area contributed by atoms with Crippen molar-refractivity contribution in [1.29, 1.82) is 0 Å². The molecule has 2 N–H and O–H groups in total. The maximum atomic E-state index is 13.1. The number of amides is 1. The number of rotatable bonds is 2. The summed E-state index contributed by atoms with van der Waals surface area (Å²) in [5.41, 5.74) is 1.38. The molecule has 0 aliphatic heterocycles. The number of aromatic hydroxyl groups is 1. The van der Waals surface area contributed by atoms with E-state index in [4.69, 9.17) is 5.11 Å². The third-order valence-electron chi connectivity index (χ3n) is 2.55. The van der Waals surface area contributed by atoms with Gasteiger partial charge in [0.2, 0.25) is 0 Å². The van der Waals surface area contributed by atoms with Gasteiger partial charge in [-0.25, -0.2) is 4.39 Å². The lowest BCUT2D eigenvalue weighted by Crippen LogP contribution is -2.12. The summed E-state index contributed by atoms with van der Waals surface area (Å²) in [5.74, 6) is -0.523. The molecule has 0 fully saturated rings. The second-order valence-electron chi connectivity index (χ2n) is 3.96. The van der Waals surface area contributed by atoms with Gasteiger partial charge in [-0.05, 0) is 55.0 Å². The van der Waals surface area contributed by atoms with E-state index in [2.05, 4.69) is 5.32 Å². The van der Waals surface area contributed by atoms with E-state index in [1.165, 1.54) is 30.3 Å². The normalized spacial score (nSPS) is 10.1. The molecule has 0 radical (unpaired) electrons. The zero-order valence-electron chi connectivity index (χ0n) is 9.77. The quantitative estimate of drug-likeness (QED) is 0.799. The van der Waals surface area contributed by atoms with Crippen LogP contribution in [0.5, 0.6) is 5.75 Å². The molecule has 92 valence electrons. The molecular formula is C14H12FNO2. The summed E-state index contributed by atoms with van der Waals surface area (Å²) in [5, 5.41) is 11.8. The van der Waals surface area contributed by atoms with Crippen LogP contribution in [0.1, 0.15) is 15.9 Å². The summed E-state index contributed by atoms with van der Waals surface area (Å²) in [6, 6.07) is 10.3. The number of anilines is 1. The number of carbonyl (C=O) groups excluding carboxylic acids is 1. The Hall–Kier alpha value is -2.36. The van der Waals surface area contributed by atoms with E-state index in [-0.39, 0.29) is 17.5 Å². The van der Waals surface area contributed by atoms with Gasteiger partial charge >= 0.3 is 0 Å². The highest BCUT2D eigenvalue weighted by atomic mass is 19.1. The Kier molecular flexibility index (Phi) is 3.28. The van der Waals surface area contributed by atoms with Crippen LogP contribution >= 0.6 is 0 Å². The van der Waals surface area contributed by atoms with Gasteiger partial charge in [-0.1, -0.05) is 0 Å². The van der Waals surface area contributed by atoms with E-state index < -0.39 is 0 Å². The topological polar surface area (TPSA) is 49.3 Å². The zero-order chi connectivity index (χ0) is 13.1. The molecule has 0 heterocycles. The number of benzene rings is 2. The van der Waals surface area contributed by atoms with Crippen LogP contribution in [0.2, 0.25) is 0 Å². The van der Waals surface area contributed by atoms with Crippen molar-refractivity contribution in [2.75, 3.05) is 5.32 Å². The highest BCUT2D eigenvalue weighted by Crippen LogP contribution is 2.15. The van der Waals surface area contributed by atoms with E-state index in [1.54, 1.807) is 19.1 Å². The lowest BCUT2D eigenvalue weighted by atomic mass is 10.1. The fourth-order valence-corrected chi connectivity index (χ4v) is 1.53. The Bertz CT molecular complexity index is 579. The summed E-state index contributed by atoms with van der Waals surface area (Å²) >= 11 is 0. The minimum atomic E-state index is -0.337. The third kappa shape index (κ3) is 2.66. The smallest absolute Gasteiger partial charge is 0.255 e. The molecular weight excluding hydrogens is 233 g/mol. The molecule has 0 aromatic heterocycles. The second kappa shape index (κ2) is 4.87. The highest BCUT2D eigenvalue weighted by molar-refractivity contribution is 6.04. The maximum absolute atomic E-state index is 13.1. The minimum absolute atomic E-state index is 0.130. The van der Waals surface area contributed by atoms with E-state index in [0.717, 1.165) is 0 Å². The summed E-state index contributed by atoms with van der Waals surface area (Å²) in [6.07, 6.45) is 0. The first-order valence-electron chi connectivity index (χ1n) is 5.43. The fraction of sp³-hybridized carbons (Fsp3) is 0.0714. The molecule has 0 atom stereocenters. The average molecular weight is 245 g/mol. The van der Waals surface area contributed by atoms with Gasteiger partial charge in [0.1, 0.15) is 11.6 Å². The number of phenolic OH excluding ortho intramolecular Hbond substituents is 1. The predicted molar refractivity (Wildman–Crippen MR) is 67.2 cm³/mol. The summed E-state index contributed by atoms with van der Waals surface area (Å²) in [4.78, 5) is 11.9. The van der Waals surface area contributed by atoms with Crippen LogP contribution in [0, 0.1) is 12.7 Å². The van der Waals surface area contributed by atoms with Gasteiger partial charge in [-0.2, -0.15) is 0 Å². The first-order chi connectivity index (χ1) is 8.56. The van der Waals surface area contributed by atoms with Crippen molar-refractivity contribution in [3.05, 3.63) is 59.4 Å². The molecule has 0 spiro atoms. The van der Waals surface area contributed by atoms with Gasteiger partial charge < -0.3 is 10.4 Å². The first kappa shape index (κ1) is 12.1. The van der Waals surface area contributed by atoms with Crippen LogP contribution in [0.3, 0.4) is 0 Å². The van der Waals surface area contributed by atoms with Crippen molar-refractivity contribution in [1.82, 2.24) is 0 Å². The zero-order valence-corrected chi connectivity index (χ0v) is 9.77.